The molecule has 0 saturated heterocycles. The van der Waals surface area contributed by atoms with Crippen LogP contribution in [0, 0.1) is 10.1 Å². The lowest BCUT2D eigenvalue weighted by Gasteiger charge is -2.27. The number of esters is 1. The topological polar surface area (TPSA) is 132 Å². The summed E-state index contributed by atoms with van der Waals surface area (Å²) >= 11 is 7.59. The smallest absolute Gasteiger partial charge is 0.338 e. The summed E-state index contributed by atoms with van der Waals surface area (Å²) in [6.45, 7) is 1.68. The highest BCUT2D eigenvalue weighted by Crippen LogP contribution is 2.39. The van der Waals surface area contributed by atoms with Crippen molar-refractivity contribution in [3.8, 4) is 5.75 Å². The molecule has 1 unspecified atom stereocenters. The molecule has 10 nitrogen and oxygen atoms in total. The van der Waals surface area contributed by atoms with E-state index in [-0.39, 0.29) is 5.57 Å². The van der Waals surface area contributed by atoms with Crippen LogP contribution in [-0.2, 0) is 15.3 Å². The Bertz CT molecular complexity index is 1290. The summed E-state index contributed by atoms with van der Waals surface area (Å²) in [5.74, 6) is -0.211. The lowest BCUT2D eigenvalue weighted by molar-refractivity contribution is -0.385. The fourth-order valence-corrected chi connectivity index (χ4v) is 4.60. The van der Waals surface area contributed by atoms with Crippen molar-refractivity contribution in [1.82, 2.24) is 14.8 Å². The van der Waals surface area contributed by atoms with E-state index in [1.54, 1.807) is 13.0 Å². The number of aromatic hydroxyl groups is 1. The van der Waals surface area contributed by atoms with Gasteiger partial charge >= 0.3 is 11.7 Å². The molecule has 1 atom stereocenters. The van der Waals surface area contributed by atoms with Gasteiger partial charge in [-0.2, -0.15) is 4.98 Å². The van der Waals surface area contributed by atoms with Gasteiger partial charge in [0.25, 0.3) is 0 Å². The summed E-state index contributed by atoms with van der Waals surface area (Å²) in [6, 6.07) is 10.5. The SMILES string of the molecule is COC(=O)C1=C(C)Nc2nc(SCc3ccccc3Cl)nn2C1c1ccc(O)c([N+](=O)[O-])c1. The third-order valence-corrected chi connectivity index (χ3v) is 6.32. The van der Waals surface area contributed by atoms with Gasteiger partial charge in [0.05, 0.1) is 17.6 Å². The normalized spacial score (nSPS) is 15.1. The van der Waals surface area contributed by atoms with Gasteiger partial charge in [0.1, 0.15) is 6.04 Å². The maximum Gasteiger partial charge on any atom is 0.338 e. The van der Waals surface area contributed by atoms with Gasteiger partial charge in [-0.1, -0.05) is 47.6 Å². The number of nitro groups is 1. The van der Waals surface area contributed by atoms with Crippen LogP contribution in [-0.4, -0.2) is 37.9 Å². The number of hydrogen-bond acceptors (Lipinski definition) is 9. The summed E-state index contributed by atoms with van der Waals surface area (Å²) < 4.78 is 6.43. The van der Waals surface area contributed by atoms with Crippen molar-refractivity contribution in [2.45, 2.75) is 23.9 Å². The average molecular weight is 488 g/mol. The van der Waals surface area contributed by atoms with Crippen molar-refractivity contribution in [2.24, 2.45) is 0 Å². The molecule has 0 radical (unpaired) electrons. The Balaban J connectivity index is 1.76. The highest BCUT2D eigenvalue weighted by molar-refractivity contribution is 7.98. The van der Waals surface area contributed by atoms with Crippen LogP contribution in [0.4, 0.5) is 11.6 Å². The largest absolute Gasteiger partial charge is 0.502 e. The Kier molecular flexibility index (Phi) is 6.25. The molecule has 2 aromatic carbocycles. The highest BCUT2D eigenvalue weighted by Gasteiger charge is 2.36. The van der Waals surface area contributed by atoms with Gasteiger partial charge in [0, 0.05) is 22.5 Å². The lowest BCUT2D eigenvalue weighted by Crippen LogP contribution is -2.29. The number of hydrogen-bond donors (Lipinski definition) is 2. The molecule has 33 heavy (non-hydrogen) atoms. The van der Waals surface area contributed by atoms with Gasteiger partial charge in [-0.05, 0) is 30.2 Å². The number of anilines is 1. The zero-order valence-corrected chi connectivity index (χ0v) is 19.1. The van der Waals surface area contributed by atoms with Crippen LogP contribution in [0.25, 0.3) is 0 Å². The highest BCUT2D eigenvalue weighted by atomic mass is 35.5. The maximum atomic E-state index is 12.6. The van der Waals surface area contributed by atoms with Crippen molar-refractivity contribution in [2.75, 3.05) is 12.4 Å². The number of thioether (sulfide) groups is 1. The number of nitro benzene ring substituents is 1. The minimum absolute atomic E-state index is 0.220. The molecule has 0 amide bonds. The van der Waals surface area contributed by atoms with Crippen LogP contribution in [0.3, 0.4) is 0 Å². The van der Waals surface area contributed by atoms with E-state index >= 15 is 0 Å². The van der Waals surface area contributed by atoms with Crippen LogP contribution < -0.4 is 5.32 Å². The molecule has 4 rings (SSSR count). The van der Waals surface area contributed by atoms with Crippen molar-refractivity contribution >= 4 is 41.0 Å². The molecule has 1 aromatic heterocycles. The first-order chi connectivity index (χ1) is 15.8. The van der Waals surface area contributed by atoms with E-state index in [2.05, 4.69) is 15.4 Å². The number of ether oxygens (including phenoxy) is 1. The van der Waals surface area contributed by atoms with Crippen molar-refractivity contribution in [1.29, 1.82) is 0 Å². The summed E-state index contributed by atoms with van der Waals surface area (Å²) in [5, 5.41) is 29.9. The van der Waals surface area contributed by atoms with Crippen molar-refractivity contribution < 1.29 is 19.6 Å². The predicted octanol–water partition coefficient (Wildman–Crippen LogP) is 4.30. The second kappa shape index (κ2) is 9.12. The minimum Gasteiger partial charge on any atom is -0.502 e. The molecule has 12 heteroatoms. The van der Waals surface area contributed by atoms with Crippen LogP contribution in [0.5, 0.6) is 5.75 Å². The van der Waals surface area contributed by atoms with Gasteiger partial charge in [-0.15, -0.1) is 5.10 Å². The zero-order chi connectivity index (χ0) is 23.7. The van der Waals surface area contributed by atoms with Gasteiger partial charge in [-0.3, -0.25) is 10.1 Å². The number of carbonyl (C=O) groups excluding carboxylic acids is 1. The van der Waals surface area contributed by atoms with Crippen LogP contribution in [0.15, 0.2) is 58.9 Å². The van der Waals surface area contributed by atoms with E-state index in [9.17, 15) is 20.0 Å². The molecule has 0 bridgehead atoms. The Hall–Kier alpha value is -3.57. The standard InChI is InChI=1S/C21H18ClN5O5S/c1-11-17(19(29)32-2)18(12-7-8-16(28)15(9-12)27(30)31)26-20(23-11)24-21(25-26)33-10-13-5-3-4-6-14(13)22/h3-9,18,28H,10H2,1-2H3,(H,23,24,25). The van der Waals surface area contributed by atoms with Gasteiger partial charge < -0.3 is 15.2 Å². The Labute approximate surface area is 197 Å². The first kappa shape index (κ1) is 22.6. The summed E-state index contributed by atoms with van der Waals surface area (Å²) in [5.41, 5.74) is 1.50. The third-order valence-electron chi connectivity index (χ3n) is 5.06. The second-order valence-electron chi connectivity index (χ2n) is 7.11. The first-order valence-corrected chi connectivity index (χ1v) is 11.0. The third kappa shape index (κ3) is 4.37. The minimum atomic E-state index is -0.852. The van der Waals surface area contributed by atoms with E-state index in [4.69, 9.17) is 16.3 Å². The summed E-state index contributed by atoms with van der Waals surface area (Å²) in [6.07, 6.45) is 0. The molecule has 2 heterocycles. The molecule has 0 saturated carbocycles. The molecule has 3 aromatic rings. The maximum absolute atomic E-state index is 12.6. The molecular weight excluding hydrogens is 470 g/mol. The summed E-state index contributed by atoms with van der Waals surface area (Å²) in [7, 11) is 1.25. The number of fused-ring (bicyclic) bond motifs is 1. The zero-order valence-electron chi connectivity index (χ0n) is 17.5. The second-order valence-corrected chi connectivity index (χ2v) is 8.46. The molecule has 170 valence electrons. The number of carbonyl (C=O) groups is 1. The molecule has 0 fully saturated rings. The number of halogens is 1. The molecule has 1 aliphatic rings. The fraction of sp³-hybridized carbons (Fsp3) is 0.190. The van der Waals surface area contributed by atoms with E-state index in [1.807, 2.05) is 18.2 Å². The molecule has 2 N–H and O–H groups in total. The Morgan fingerprint density at radius 2 is 2.12 bits per heavy atom. The van der Waals surface area contributed by atoms with Crippen molar-refractivity contribution in [3.05, 3.63) is 80.0 Å². The van der Waals surface area contributed by atoms with E-state index in [1.165, 1.54) is 41.8 Å². The van der Waals surface area contributed by atoms with E-state index in [0.29, 0.717) is 33.1 Å². The van der Waals surface area contributed by atoms with E-state index < -0.39 is 28.4 Å². The lowest BCUT2D eigenvalue weighted by atomic mass is 9.95. The van der Waals surface area contributed by atoms with Crippen LogP contribution >= 0.6 is 23.4 Å². The van der Waals surface area contributed by atoms with Gasteiger partial charge in [0.2, 0.25) is 11.1 Å². The van der Waals surface area contributed by atoms with E-state index in [0.717, 1.165) is 5.56 Å². The van der Waals surface area contributed by atoms with Gasteiger partial charge in [-0.25, -0.2) is 9.48 Å². The number of aromatic nitrogens is 3. The number of nitrogens with one attached hydrogen (secondary N) is 1. The molecular formula is C21H18ClN5O5S. The monoisotopic (exact) mass is 487 g/mol. The molecule has 0 spiro atoms. The number of phenolic OH excluding ortho intramolecular Hbond substituents is 1. The average Bonchev–Trinajstić information content (AvgIpc) is 3.19. The predicted molar refractivity (Wildman–Crippen MR) is 122 cm³/mol. The quantitative estimate of drug-likeness (QED) is 0.226. The first-order valence-electron chi connectivity index (χ1n) is 9.66. The van der Waals surface area contributed by atoms with Crippen molar-refractivity contribution in [3.63, 3.8) is 0 Å². The summed E-state index contributed by atoms with van der Waals surface area (Å²) in [4.78, 5) is 27.8. The number of methoxy groups -OCH3 is 1. The van der Waals surface area contributed by atoms with Gasteiger partial charge in [0.15, 0.2) is 5.75 Å². The Morgan fingerprint density at radius 3 is 2.82 bits per heavy atom. The number of phenols is 1. The molecule has 0 aliphatic carbocycles. The number of rotatable bonds is 6. The van der Waals surface area contributed by atoms with Crippen LogP contribution in [0.2, 0.25) is 5.02 Å². The molecule has 1 aliphatic heterocycles. The fourth-order valence-electron chi connectivity index (χ4n) is 3.49. The van der Waals surface area contributed by atoms with Crippen LogP contribution in [0.1, 0.15) is 24.1 Å². The number of nitrogens with zero attached hydrogens (tertiary/aromatic N) is 4. The Morgan fingerprint density at radius 1 is 1.36 bits per heavy atom. The number of benzene rings is 2. The number of allylic oxidation sites excluding steroid dienone is 1.